The molecule has 10 heteroatoms. The van der Waals surface area contributed by atoms with E-state index >= 15 is 0 Å². The second-order valence-electron chi connectivity index (χ2n) is 11.5. The first-order chi connectivity index (χ1) is 22.7. The summed E-state index contributed by atoms with van der Waals surface area (Å²) >= 11 is 0. The largest absolute Gasteiger partial charge is 0.507 e. The van der Waals surface area contributed by atoms with Crippen LogP contribution in [0.2, 0.25) is 0 Å². The van der Waals surface area contributed by atoms with Gasteiger partial charge in [0.15, 0.2) is 0 Å². The molecule has 1 saturated carbocycles. The summed E-state index contributed by atoms with van der Waals surface area (Å²) in [7, 11) is 1.52. The van der Waals surface area contributed by atoms with Gasteiger partial charge < -0.3 is 24.4 Å². The monoisotopic (exact) mass is 636 g/mol. The van der Waals surface area contributed by atoms with Crippen molar-refractivity contribution in [1.29, 1.82) is 0 Å². The molecule has 0 heterocycles. The first-order valence-corrected chi connectivity index (χ1v) is 15.1. The van der Waals surface area contributed by atoms with Gasteiger partial charge in [0.2, 0.25) is 0 Å². The number of nitrogens with one attached hydrogen (secondary N) is 1. The van der Waals surface area contributed by atoms with Crippen molar-refractivity contribution in [2.45, 2.75) is 38.1 Å². The predicted molar refractivity (Wildman–Crippen MR) is 173 cm³/mol. The zero-order valence-electron chi connectivity index (χ0n) is 26.0. The average molecular weight is 637 g/mol. The molecule has 3 N–H and O–H groups in total. The number of phenolic OH excluding ortho intramolecular Hbond substituents is 1. The van der Waals surface area contributed by atoms with Crippen LogP contribution in [0.4, 0.5) is 0 Å². The second kappa shape index (κ2) is 14.7. The SMILES string of the molecule is COc1ccc([C@H]2[C@@H](C(=O)OCc3ccccc3)/C(=N/NC(=O)c3ccccc3O)C[C@](C)(O)[C@H]2C(=O)OCc2ccccc2)cc1. The van der Waals surface area contributed by atoms with E-state index in [9.17, 15) is 24.6 Å². The highest BCUT2D eigenvalue weighted by Gasteiger charge is 2.56. The summed E-state index contributed by atoms with van der Waals surface area (Å²) in [6, 6.07) is 31.0. The second-order valence-corrected chi connectivity index (χ2v) is 11.5. The molecule has 10 nitrogen and oxygen atoms in total. The number of benzene rings is 4. The average Bonchev–Trinajstić information content (AvgIpc) is 3.09. The highest BCUT2D eigenvalue weighted by molar-refractivity contribution is 6.06. The van der Waals surface area contributed by atoms with Crippen LogP contribution in [0, 0.1) is 11.8 Å². The smallest absolute Gasteiger partial charge is 0.315 e. The van der Waals surface area contributed by atoms with Crippen LogP contribution >= 0.6 is 0 Å². The van der Waals surface area contributed by atoms with Crippen molar-refractivity contribution in [1.82, 2.24) is 5.43 Å². The lowest BCUT2D eigenvalue weighted by Gasteiger charge is -2.45. The van der Waals surface area contributed by atoms with Crippen molar-refractivity contribution in [3.05, 3.63) is 131 Å². The Morgan fingerprint density at radius 1 is 0.809 bits per heavy atom. The Bertz CT molecular complexity index is 1720. The number of rotatable bonds is 10. The maximum Gasteiger partial charge on any atom is 0.315 e. The Labute approximate surface area is 272 Å². The Morgan fingerprint density at radius 2 is 1.36 bits per heavy atom. The number of carbonyl (C=O) groups excluding carboxylic acids is 3. The zero-order valence-corrected chi connectivity index (χ0v) is 26.0. The lowest BCUT2D eigenvalue weighted by atomic mass is 9.61. The van der Waals surface area contributed by atoms with Gasteiger partial charge in [0.25, 0.3) is 5.91 Å². The normalized spacial score (nSPS) is 21.4. The van der Waals surface area contributed by atoms with Gasteiger partial charge in [-0.15, -0.1) is 0 Å². The maximum atomic E-state index is 14.1. The minimum absolute atomic E-state index is 0.0308. The summed E-state index contributed by atoms with van der Waals surface area (Å²) < 4.78 is 16.9. The summed E-state index contributed by atoms with van der Waals surface area (Å²) in [4.78, 5) is 41.1. The minimum atomic E-state index is -1.77. The van der Waals surface area contributed by atoms with Gasteiger partial charge in [0.05, 0.1) is 29.9 Å². The van der Waals surface area contributed by atoms with Gasteiger partial charge in [0, 0.05) is 12.3 Å². The van der Waals surface area contributed by atoms with Crippen LogP contribution < -0.4 is 10.2 Å². The minimum Gasteiger partial charge on any atom is -0.507 e. The fourth-order valence-corrected chi connectivity index (χ4v) is 5.86. The molecule has 4 aromatic rings. The molecule has 0 radical (unpaired) electrons. The molecule has 1 amide bonds. The van der Waals surface area contributed by atoms with E-state index in [-0.39, 0.29) is 36.7 Å². The van der Waals surface area contributed by atoms with E-state index in [0.717, 1.165) is 11.1 Å². The van der Waals surface area contributed by atoms with Crippen LogP contribution in [0.1, 0.15) is 46.3 Å². The van der Waals surface area contributed by atoms with Crippen LogP contribution in [0.25, 0.3) is 0 Å². The number of hydrogen-bond acceptors (Lipinski definition) is 9. The highest BCUT2D eigenvalue weighted by Crippen LogP contribution is 2.47. The van der Waals surface area contributed by atoms with E-state index < -0.39 is 41.2 Å². The molecule has 47 heavy (non-hydrogen) atoms. The fourth-order valence-electron chi connectivity index (χ4n) is 5.86. The Hall–Kier alpha value is -5.48. The highest BCUT2D eigenvalue weighted by atomic mass is 16.5. The first kappa shape index (κ1) is 32.9. The maximum absolute atomic E-state index is 14.1. The van der Waals surface area contributed by atoms with Gasteiger partial charge in [-0.25, -0.2) is 5.43 Å². The molecule has 0 unspecified atom stereocenters. The molecular formula is C37H36N2O8. The van der Waals surface area contributed by atoms with Crippen LogP contribution in [0.5, 0.6) is 11.5 Å². The number of amides is 1. The number of nitrogens with zero attached hydrogens (tertiary/aromatic N) is 1. The van der Waals surface area contributed by atoms with Gasteiger partial charge in [-0.1, -0.05) is 84.9 Å². The third kappa shape index (κ3) is 7.85. The van der Waals surface area contributed by atoms with Crippen LogP contribution in [-0.2, 0) is 32.3 Å². The van der Waals surface area contributed by atoms with Crippen molar-refractivity contribution < 1.29 is 38.8 Å². The topological polar surface area (TPSA) is 144 Å². The van der Waals surface area contributed by atoms with E-state index in [1.54, 1.807) is 36.4 Å². The van der Waals surface area contributed by atoms with E-state index in [2.05, 4.69) is 10.5 Å². The molecule has 0 bridgehead atoms. The van der Waals surface area contributed by atoms with Crippen molar-refractivity contribution in [2.24, 2.45) is 16.9 Å². The molecular weight excluding hydrogens is 600 g/mol. The fraction of sp³-hybridized carbons (Fsp3) is 0.243. The first-order valence-electron chi connectivity index (χ1n) is 15.1. The molecule has 0 saturated heterocycles. The van der Waals surface area contributed by atoms with Crippen molar-refractivity contribution in [2.75, 3.05) is 7.11 Å². The quantitative estimate of drug-likeness (QED) is 0.160. The number of aliphatic hydroxyl groups is 1. The van der Waals surface area contributed by atoms with Gasteiger partial charge >= 0.3 is 11.9 Å². The number of phenols is 1. The van der Waals surface area contributed by atoms with Crippen LogP contribution in [0.15, 0.2) is 114 Å². The molecule has 0 spiro atoms. The number of para-hydroxylation sites is 1. The van der Waals surface area contributed by atoms with E-state index in [0.29, 0.717) is 11.3 Å². The Kier molecular flexibility index (Phi) is 10.3. The van der Waals surface area contributed by atoms with E-state index in [1.165, 1.54) is 26.2 Å². The Balaban J connectivity index is 1.56. The van der Waals surface area contributed by atoms with Crippen molar-refractivity contribution in [3.8, 4) is 11.5 Å². The summed E-state index contributed by atoms with van der Waals surface area (Å²) in [5.41, 5.74) is 2.73. The summed E-state index contributed by atoms with van der Waals surface area (Å²) in [5, 5.41) is 26.4. The van der Waals surface area contributed by atoms with Crippen molar-refractivity contribution >= 4 is 23.6 Å². The number of esters is 2. The van der Waals surface area contributed by atoms with Gasteiger partial charge in [0.1, 0.15) is 30.6 Å². The summed E-state index contributed by atoms with van der Waals surface area (Å²) in [6.45, 7) is 1.38. The summed E-state index contributed by atoms with van der Waals surface area (Å²) in [5.74, 6) is -5.31. The van der Waals surface area contributed by atoms with E-state index in [4.69, 9.17) is 14.2 Å². The summed E-state index contributed by atoms with van der Waals surface area (Å²) in [6.07, 6.45) is -0.267. The third-order valence-corrected chi connectivity index (χ3v) is 8.19. The molecule has 5 rings (SSSR count). The van der Waals surface area contributed by atoms with Gasteiger partial charge in [-0.2, -0.15) is 5.10 Å². The molecule has 1 aliphatic rings. The van der Waals surface area contributed by atoms with Crippen LogP contribution in [0.3, 0.4) is 0 Å². The number of hydrazone groups is 1. The molecule has 242 valence electrons. The van der Waals surface area contributed by atoms with E-state index in [1.807, 2.05) is 60.7 Å². The molecule has 1 aliphatic carbocycles. The van der Waals surface area contributed by atoms with Gasteiger partial charge in [-0.05, 0) is 47.9 Å². The van der Waals surface area contributed by atoms with Gasteiger partial charge in [-0.3, -0.25) is 14.4 Å². The molecule has 0 aliphatic heterocycles. The molecule has 4 aromatic carbocycles. The molecule has 4 atom stereocenters. The zero-order chi connectivity index (χ0) is 33.4. The third-order valence-electron chi connectivity index (χ3n) is 8.19. The number of hydrogen-bond donors (Lipinski definition) is 3. The standard InChI is InChI=1S/C37H36N2O8/c1-37(44)21-29(38-39-34(41)28-15-9-10-16-30(28)40)32(35(42)46-22-24-11-5-3-6-12-24)31(26-17-19-27(45-2)20-18-26)33(37)36(43)47-23-25-13-7-4-8-14-25/h3-20,31-33,40,44H,21-23H2,1-2H3,(H,39,41)/b38-29+/t31-,32-,33+,37-/m0/s1. The number of aromatic hydroxyl groups is 1. The van der Waals surface area contributed by atoms with Crippen LogP contribution in [-0.4, -0.2) is 46.5 Å². The molecule has 0 aromatic heterocycles. The number of ether oxygens (including phenoxy) is 3. The Morgan fingerprint density at radius 3 is 1.94 bits per heavy atom. The lowest BCUT2D eigenvalue weighted by Crippen LogP contribution is -2.55. The molecule has 1 fully saturated rings. The predicted octanol–water partition coefficient (Wildman–Crippen LogP) is 5.14. The number of methoxy groups -OCH3 is 1. The number of carbonyl (C=O) groups is 3. The van der Waals surface area contributed by atoms with Crippen molar-refractivity contribution in [3.63, 3.8) is 0 Å². The lowest BCUT2D eigenvalue weighted by molar-refractivity contribution is -0.165.